The van der Waals surface area contributed by atoms with E-state index in [2.05, 4.69) is 21.0 Å². The number of esters is 1. The molecule has 0 spiro atoms. The number of amides is 1. The van der Waals surface area contributed by atoms with Crippen molar-refractivity contribution in [1.82, 2.24) is 21.0 Å². The molecule has 6 N–H and O–H groups in total. The number of hydrazine groups is 1. The van der Waals surface area contributed by atoms with Crippen LogP contribution in [-0.2, 0) is 16.0 Å². The van der Waals surface area contributed by atoms with Gasteiger partial charge in [-0.2, -0.15) is 0 Å². The third-order valence-corrected chi connectivity index (χ3v) is 5.27. The molecule has 0 fully saturated rings. The van der Waals surface area contributed by atoms with Gasteiger partial charge in [0.15, 0.2) is 5.69 Å². The fourth-order valence-electron chi connectivity index (χ4n) is 2.99. The van der Waals surface area contributed by atoms with Crippen LogP contribution < -0.4 is 21.9 Å². The number of rotatable bonds is 12. The number of pyridine rings is 1. The fourth-order valence-corrected chi connectivity index (χ4v) is 3.11. The number of carbonyl (C=O) groups excluding carboxylic acids is 2. The van der Waals surface area contributed by atoms with E-state index in [1.165, 1.54) is 17.8 Å². The van der Waals surface area contributed by atoms with Crippen molar-refractivity contribution >= 4 is 29.2 Å². The molecule has 1 amide bonds. The molecule has 0 aliphatic heterocycles. The number of carbonyl (C=O) groups is 2. The van der Waals surface area contributed by atoms with Gasteiger partial charge in [-0.1, -0.05) is 23.7 Å². The second-order valence-electron chi connectivity index (χ2n) is 8.27. The van der Waals surface area contributed by atoms with Crippen molar-refractivity contribution in [1.29, 1.82) is 0 Å². The van der Waals surface area contributed by atoms with Crippen LogP contribution in [0.1, 0.15) is 48.8 Å². The van der Waals surface area contributed by atoms with Crippen LogP contribution >= 0.6 is 11.6 Å². The molecule has 9 nitrogen and oxygen atoms in total. The van der Waals surface area contributed by atoms with Crippen molar-refractivity contribution in [3.8, 4) is 5.75 Å². The summed E-state index contributed by atoms with van der Waals surface area (Å²) >= 11 is 5.90. The van der Waals surface area contributed by atoms with Gasteiger partial charge in [-0.05, 0) is 57.4 Å². The Morgan fingerprint density at radius 1 is 1.26 bits per heavy atom. The van der Waals surface area contributed by atoms with Crippen molar-refractivity contribution in [2.75, 3.05) is 19.7 Å². The second kappa shape index (κ2) is 12.8. The Kier molecular flexibility index (Phi) is 10.2. The maximum atomic E-state index is 12.5. The van der Waals surface area contributed by atoms with Gasteiger partial charge in [-0.15, -0.1) is 0 Å². The number of hydrogen-bond acceptors (Lipinski definition) is 8. The molecule has 0 atom stereocenters. The molecule has 34 heavy (non-hydrogen) atoms. The van der Waals surface area contributed by atoms with Crippen LogP contribution in [0.3, 0.4) is 0 Å². The fraction of sp³-hybridized carbons (Fsp3) is 0.375. The summed E-state index contributed by atoms with van der Waals surface area (Å²) in [6.45, 7) is 6.02. The minimum absolute atomic E-state index is 0.0307. The van der Waals surface area contributed by atoms with E-state index < -0.39 is 17.3 Å². The Balaban J connectivity index is 1.93. The zero-order chi connectivity index (χ0) is 25.1. The predicted octanol–water partition coefficient (Wildman–Crippen LogP) is 2.74. The van der Waals surface area contributed by atoms with Crippen molar-refractivity contribution in [2.24, 2.45) is 11.3 Å². The molecule has 184 valence electrons. The molecular formula is C24H32ClN5O4. The summed E-state index contributed by atoms with van der Waals surface area (Å²) in [7, 11) is 0. The summed E-state index contributed by atoms with van der Waals surface area (Å²) < 4.78 is 5.01. The number of aryl methyl sites for hydroxylation is 1. The first-order valence-corrected chi connectivity index (χ1v) is 11.3. The topological polar surface area (TPSA) is 139 Å². The number of benzene rings is 1. The van der Waals surface area contributed by atoms with Crippen LogP contribution in [0.4, 0.5) is 0 Å². The first-order chi connectivity index (χ1) is 16.2. The summed E-state index contributed by atoms with van der Waals surface area (Å²) in [5, 5.41) is 16.8. The minimum atomic E-state index is -0.917. The molecule has 2 rings (SSSR count). The van der Waals surface area contributed by atoms with E-state index in [9.17, 15) is 14.7 Å². The van der Waals surface area contributed by atoms with E-state index >= 15 is 0 Å². The van der Waals surface area contributed by atoms with E-state index in [0.717, 1.165) is 12.8 Å². The number of ether oxygens (including phenoxy) is 1. The largest absolute Gasteiger partial charge is 0.505 e. The van der Waals surface area contributed by atoms with Crippen LogP contribution in [0.5, 0.6) is 5.75 Å². The highest BCUT2D eigenvalue weighted by atomic mass is 35.5. The zero-order valence-corrected chi connectivity index (χ0v) is 20.4. The lowest BCUT2D eigenvalue weighted by Gasteiger charge is -2.22. The third kappa shape index (κ3) is 7.93. The lowest BCUT2D eigenvalue weighted by Crippen LogP contribution is -2.40. The molecule has 0 unspecified atom stereocenters. The molecule has 0 saturated carbocycles. The molecule has 1 aromatic heterocycles. The molecule has 0 saturated heterocycles. The first-order valence-electron chi connectivity index (χ1n) is 11.0. The number of nitrogens with one attached hydrogen (secondary N) is 3. The quantitative estimate of drug-likeness (QED) is 0.133. The van der Waals surface area contributed by atoms with Gasteiger partial charge in [-0.25, -0.2) is 4.98 Å². The molecule has 0 aliphatic carbocycles. The lowest BCUT2D eigenvalue weighted by atomic mass is 9.93. The number of nitrogens with two attached hydrogens (primary N) is 1. The maximum Gasteiger partial charge on any atom is 0.313 e. The number of aromatic nitrogens is 1. The van der Waals surface area contributed by atoms with Crippen LogP contribution in [-0.4, -0.2) is 41.7 Å². The summed E-state index contributed by atoms with van der Waals surface area (Å²) in [5.74, 6) is 4.28. The van der Waals surface area contributed by atoms with Crippen LogP contribution in [0.15, 0.2) is 42.7 Å². The Morgan fingerprint density at radius 2 is 1.97 bits per heavy atom. The minimum Gasteiger partial charge on any atom is -0.505 e. The van der Waals surface area contributed by atoms with Gasteiger partial charge in [0.25, 0.3) is 5.91 Å². The van der Waals surface area contributed by atoms with Crippen molar-refractivity contribution < 1.29 is 19.4 Å². The second-order valence-corrected chi connectivity index (χ2v) is 8.70. The van der Waals surface area contributed by atoms with E-state index in [1.807, 2.05) is 24.3 Å². The first kappa shape index (κ1) is 26.9. The summed E-state index contributed by atoms with van der Waals surface area (Å²) in [6.07, 6.45) is 4.88. The van der Waals surface area contributed by atoms with Crippen molar-refractivity contribution in [3.05, 3.63) is 64.6 Å². The van der Waals surface area contributed by atoms with E-state index in [0.29, 0.717) is 22.8 Å². The summed E-state index contributed by atoms with van der Waals surface area (Å²) in [4.78, 5) is 28.5. The monoisotopic (exact) mass is 489 g/mol. The Morgan fingerprint density at radius 3 is 2.59 bits per heavy atom. The molecule has 1 heterocycles. The van der Waals surface area contributed by atoms with Crippen LogP contribution in [0.25, 0.3) is 5.70 Å². The molecule has 0 radical (unpaired) electrons. The third-order valence-electron chi connectivity index (χ3n) is 5.01. The van der Waals surface area contributed by atoms with Gasteiger partial charge >= 0.3 is 5.97 Å². The number of nitrogens with zero attached hydrogens (tertiary/aromatic N) is 1. The highest BCUT2D eigenvalue weighted by molar-refractivity contribution is 6.30. The average molecular weight is 490 g/mol. The Labute approximate surface area is 204 Å². The molecular weight excluding hydrogens is 458 g/mol. The Hall–Kier alpha value is -3.30. The van der Waals surface area contributed by atoms with E-state index in [-0.39, 0.29) is 24.6 Å². The standard InChI is InChI=1S/C24H32ClN5O4/c1-4-34-23(33)24(2,3)15-29-22(32)21-20(31)12-17(13-28-21)19(30-26)14-27-11-5-6-16-7-9-18(25)10-8-16/h7-10,12-14,27,30-31H,4-6,11,15,26H2,1-3H3,(H,29,32)/b19-14-. The molecule has 10 heteroatoms. The van der Waals surface area contributed by atoms with Crippen LogP contribution in [0, 0.1) is 5.41 Å². The van der Waals surface area contributed by atoms with Crippen molar-refractivity contribution in [3.63, 3.8) is 0 Å². The highest BCUT2D eigenvalue weighted by Gasteiger charge is 2.30. The van der Waals surface area contributed by atoms with Gasteiger partial charge < -0.3 is 25.9 Å². The lowest BCUT2D eigenvalue weighted by molar-refractivity contribution is -0.153. The predicted molar refractivity (Wildman–Crippen MR) is 132 cm³/mol. The smallest absolute Gasteiger partial charge is 0.313 e. The summed E-state index contributed by atoms with van der Waals surface area (Å²) in [6, 6.07) is 9.11. The summed E-state index contributed by atoms with van der Waals surface area (Å²) in [5.41, 5.74) is 3.67. The zero-order valence-electron chi connectivity index (χ0n) is 19.7. The SMILES string of the molecule is CCOC(=O)C(C)(C)CNC(=O)c1ncc(/C(=C/NCCCc2ccc(Cl)cc2)NN)cc1O. The van der Waals surface area contributed by atoms with Gasteiger partial charge in [0.2, 0.25) is 0 Å². The van der Waals surface area contributed by atoms with E-state index in [1.54, 1.807) is 27.0 Å². The molecule has 0 bridgehead atoms. The van der Waals surface area contributed by atoms with Gasteiger partial charge in [0, 0.05) is 36.1 Å². The average Bonchev–Trinajstić information content (AvgIpc) is 2.81. The maximum absolute atomic E-state index is 12.5. The molecule has 1 aromatic carbocycles. The number of hydrogen-bond donors (Lipinski definition) is 5. The van der Waals surface area contributed by atoms with Gasteiger partial charge in [0.05, 0.1) is 17.7 Å². The molecule has 2 aromatic rings. The van der Waals surface area contributed by atoms with Crippen LogP contribution in [0.2, 0.25) is 5.02 Å². The van der Waals surface area contributed by atoms with E-state index in [4.69, 9.17) is 22.2 Å². The normalized spacial score (nSPS) is 11.6. The highest BCUT2D eigenvalue weighted by Crippen LogP contribution is 2.21. The van der Waals surface area contributed by atoms with Gasteiger partial charge in [0.1, 0.15) is 5.75 Å². The molecule has 0 aliphatic rings. The van der Waals surface area contributed by atoms with Gasteiger partial charge in [-0.3, -0.25) is 15.4 Å². The van der Waals surface area contributed by atoms with Crippen molar-refractivity contribution in [2.45, 2.75) is 33.6 Å². The number of halogens is 1. The number of aromatic hydroxyl groups is 1. The Bertz CT molecular complexity index is 1010.